The van der Waals surface area contributed by atoms with Gasteiger partial charge in [0.25, 0.3) is 5.91 Å². The Labute approximate surface area is 153 Å². The summed E-state index contributed by atoms with van der Waals surface area (Å²) >= 11 is 1.82. The molecule has 0 radical (unpaired) electrons. The van der Waals surface area contributed by atoms with Crippen LogP contribution >= 0.6 is 22.6 Å². The number of hydrogen-bond donors (Lipinski definition) is 2. The Hall–Kier alpha value is -1.84. The zero-order valence-electron chi connectivity index (χ0n) is 14.1. The first-order valence-electron chi connectivity index (χ1n) is 6.99. The Balaban J connectivity index is 3.12. The van der Waals surface area contributed by atoms with Gasteiger partial charge in [-0.1, -0.05) is 20.8 Å². The normalized spacial score (nSPS) is 11.3. The molecular weight excluding hydrogens is 430 g/mol. The second-order valence-electron chi connectivity index (χ2n) is 5.86. The Morgan fingerprint density at radius 2 is 1.92 bits per heavy atom. The number of hydrogen-bond acceptors (Lipinski definition) is 4. The molecule has 1 aromatic carbocycles. The number of rotatable bonds is 4. The van der Waals surface area contributed by atoms with Gasteiger partial charge in [0.15, 0.2) is 5.82 Å². The van der Waals surface area contributed by atoms with Crippen molar-refractivity contribution in [3.8, 4) is 5.75 Å². The smallest absolute Gasteiger partial charge is 0.326 e. The van der Waals surface area contributed by atoms with Crippen LogP contribution in [0.2, 0.25) is 0 Å². The van der Waals surface area contributed by atoms with Crippen molar-refractivity contribution in [1.82, 2.24) is 5.32 Å². The molecule has 6 nitrogen and oxygen atoms in total. The van der Waals surface area contributed by atoms with E-state index >= 15 is 0 Å². The van der Waals surface area contributed by atoms with Crippen LogP contribution in [-0.4, -0.2) is 26.2 Å². The highest BCUT2D eigenvalue weighted by atomic mass is 127. The SMILES string of the molecule is CO/C=C/C(=O)NC(=O)Nc1cc(C(C)(C)C)c(OC)c(I)c1F. The molecule has 24 heavy (non-hydrogen) atoms. The molecule has 3 amide bonds. The van der Waals surface area contributed by atoms with Gasteiger partial charge in [0.2, 0.25) is 0 Å². The van der Waals surface area contributed by atoms with E-state index < -0.39 is 17.8 Å². The molecule has 2 N–H and O–H groups in total. The first-order valence-corrected chi connectivity index (χ1v) is 8.07. The minimum Gasteiger partial charge on any atom is -0.504 e. The van der Waals surface area contributed by atoms with Crippen LogP contribution in [0.3, 0.4) is 0 Å². The lowest BCUT2D eigenvalue weighted by Crippen LogP contribution is -2.33. The van der Waals surface area contributed by atoms with E-state index in [1.54, 1.807) is 0 Å². The number of ether oxygens (including phenoxy) is 2. The molecule has 8 heteroatoms. The predicted molar refractivity (Wildman–Crippen MR) is 97.7 cm³/mol. The van der Waals surface area contributed by atoms with Crippen molar-refractivity contribution in [2.45, 2.75) is 26.2 Å². The topological polar surface area (TPSA) is 76.7 Å². The number of carbonyl (C=O) groups excluding carboxylic acids is 2. The van der Waals surface area contributed by atoms with E-state index in [1.165, 1.54) is 20.3 Å². The molecule has 0 aliphatic rings. The van der Waals surface area contributed by atoms with E-state index in [0.29, 0.717) is 5.75 Å². The third-order valence-electron chi connectivity index (χ3n) is 3.01. The number of amides is 3. The third kappa shape index (κ3) is 5.08. The number of carbonyl (C=O) groups is 2. The minimum absolute atomic E-state index is 0.0360. The molecule has 1 rings (SSSR count). The first kappa shape index (κ1) is 20.2. The van der Waals surface area contributed by atoms with Crippen LogP contribution in [0.5, 0.6) is 5.75 Å². The maximum absolute atomic E-state index is 14.5. The van der Waals surface area contributed by atoms with Crippen LogP contribution in [0.4, 0.5) is 14.9 Å². The van der Waals surface area contributed by atoms with E-state index in [4.69, 9.17) is 4.74 Å². The lowest BCUT2D eigenvalue weighted by molar-refractivity contribution is -0.115. The van der Waals surface area contributed by atoms with Gasteiger partial charge in [-0.05, 0) is 34.1 Å². The van der Waals surface area contributed by atoms with Gasteiger partial charge in [0.1, 0.15) is 5.75 Å². The maximum atomic E-state index is 14.5. The number of nitrogens with one attached hydrogen (secondary N) is 2. The Morgan fingerprint density at radius 3 is 2.42 bits per heavy atom. The fraction of sp³-hybridized carbons (Fsp3) is 0.375. The first-order chi connectivity index (χ1) is 11.1. The predicted octanol–water partition coefficient (Wildman–Crippen LogP) is 3.54. The van der Waals surface area contributed by atoms with Crippen molar-refractivity contribution in [3.63, 3.8) is 0 Å². The zero-order chi connectivity index (χ0) is 18.5. The number of benzene rings is 1. The molecule has 0 fully saturated rings. The third-order valence-corrected chi connectivity index (χ3v) is 3.98. The van der Waals surface area contributed by atoms with Gasteiger partial charge in [0.05, 0.1) is 29.7 Å². The van der Waals surface area contributed by atoms with Crippen molar-refractivity contribution in [1.29, 1.82) is 0 Å². The van der Waals surface area contributed by atoms with Crippen molar-refractivity contribution in [2.24, 2.45) is 0 Å². The number of anilines is 1. The summed E-state index contributed by atoms with van der Waals surface area (Å²) in [7, 11) is 2.83. The minimum atomic E-state index is -0.847. The van der Waals surface area contributed by atoms with Gasteiger partial charge in [-0.3, -0.25) is 10.1 Å². The number of imide groups is 1. The van der Waals surface area contributed by atoms with Crippen LogP contribution in [0, 0.1) is 9.39 Å². The van der Waals surface area contributed by atoms with Crippen molar-refractivity contribution >= 4 is 40.2 Å². The van der Waals surface area contributed by atoms with E-state index in [-0.39, 0.29) is 14.7 Å². The molecule has 132 valence electrons. The van der Waals surface area contributed by atoms with Crippen LogP contribution < -0.4 is 15.4 Å². The van der Waals surface area contributed by atoms with Gasteiger partial charge in [-0.25, -0.2) is 9.18 Å². The van der Waals surface area contributed by atoms with Gasteiger partial charge in [0, 0.05) is 11.6 Å². The van der Waals surface area contributed by atoms with E-state index in [2.05, 4.69) is 10.1 Å². The monoisotopic (exact) mass is 450 g/mol. The second kappa shape index (κ2) is 8.32. The standard InChI is InChI=1S/C16H20FIN2O4/c1-16(2,3)9-8-10(12(17)13(18)14(9)24-5)19-15(22)20-11(21)6-7-23-4/h6-8H,1-5H3,(H2,19,20,21,22)/b7-6+. The molecule has 0 bridgehead atoms. The summed E-state index contributed by atoms with van der Waals surface area (Å²) in [6.07, 6.45) is 2.16. The molecular formula is C16H20FIN2O4. The highest BCUT2D eigenvalue weighted by Crippen LogP contribution is 2.39. The quantitative estimate of drug-likeness (QED) is 0.418. The summed E-state index contributed by atoms with van der Waals surface area (Å²) in [4.78, 5) is 23.3. The lowest BCUT2D eigenvalue weighted by atomic mass is 9.86. The summed E-state index contributed by atoms with van der Waals surface area (Å²) in [6.45, 7) is 5.84. The van der Waals surface area contributed by atoms with Crippen LogP contribution in [-0.2, 0) is 14.9 Å². The highest BCUT2D eigenvalue weighted by Gasteiger charge is 2.26. The second-order valence-corrected chi connectivity index (χ2v) is 6.94. The highest BCUT2D eigenvalue weighted by molar-refractivity contribution is 14.1. The molecule has 0 aromatic heterocycles. The summed E-state index contributed by atoms with van der Waals surface area (Å²) in [5.74, 6) is -0.893. The van der Waals surface area contributed by atoms with Crippen molar-refractivity contribution in [2.75, 3.05) is 19.5 Å². The summed E-state index contributed by atoms with van der Waals surface area (Å²) in [5.41, 5.74) is 0.367. The molecule has 0 atom stereocenters. The summed E-state index contributed by atoms with van der Waals surface area (Å²) in [5, 5.41) is 4.38. The van der Waals surface area contributed by atoms with Gasteiger partial charge < -0.3 is 14.8 Å². The van der Waals surface area contributed by atoms with E-state index in [0.717, 1.165) is 17.9 Å². The van der Waals surface area contributed by atoms with Gasteiger partial charge >= 0.3 is 6.03 Å². The Morgan fingerprint density at radius 1 is 1.29 bits per heavy atom. The fourth-order valence-electron chi connectivity index (χ4n) is 1.89. The molecule has 0 heterocycles. The number of methoxy groups -OCH3 is 2. The van der Waals surface area contributed by atoms with E-state index in [1.807, 2.05) is 48.7 Å². The van der Waals surface area contributed by atoms with Crippen LogP contribution in [0.25, 0.3) is 0 Å². The van der Waals surface area contributed by atoms with E-state index in [9.17, 15) is 14.0 Å². The fourth-order valence-corrected chi connectivity index (χ4v) is 2.70. The summed E-state index contributed by atoms with van der Waals surface area (Å²) in [6, 6.07) is 0.659. The van der Waals surface area contributed by atoms with Crippen molar-refractivity contribution in [3.05, 3.63) is 33.4 Å². The molecule has 0 saturated carbocycles. The molecule has 0 aliphatic heterocycles. The van der Waals surface area contributed by atoms with Crippen LogP contribution in [0.15, 0.2) is 18.4 Å². The lowest BCUT2D eigenvalue weighted by Gasteiger charge is -2.24. The molecule has 0 saturated heterocycles. The molecule has 1 aromatic rings. The van der Waals surface area contributed by atoms with Crippen molar-refractivity contribution < 1.29 is 23.5 Å². The zero-order valence-corrected chi connectivity index (χ0v) is 16.3. The van der Waals surface area contributed by atoms with Crippen LogP contribution in [0.1, 0.15) is 26.3 Å². The number of urea groups is 1. The molecule has 0 unspecified atom stereocenters. The Bertz CT molecular complexity index is 669. The largest absolute Gasteiger partial charge is 0.504 e. The average molecular weight is 450 g/mol. The average Bonchev–Trinajstić information content (AvgIpc) is 2.48. The summed E-state index contributed by atoms with van der Waals surface area (Å²) < 4.78 is 24.6. The molecule has 0 aliphatic carbocycles. The Kier molecular flexibility index (Phi) is 7.00. The molecule has 0 spiro atoms. The number of halogens is 2. The maximum Gasteiger partial charge on any atom is 0.326 e. The van der Waals surface area contributed by atoms with Gasteiger partial charge in [-0.15, -0.1) is 0 Å². The van der Waals surface area contributed by atoms with Gasteiger partial charge in [-0.2, -0.15) is 0 Å².